The quantitative estimate of drug-likeness (QED) is 0.246. The van der Waals surface area contributed by atoms with Gasteiger partial charge in [0, 0.05) is 12.3 Å². The largest absolute Gasteiger partial charge is 1.00 e. The first-order valence-electron chi connectivity index (χ1n) is 7.75. The second-order valence-electron chi connectivity index (χ2n) is 6.21. The van der Waals surface area contributed by atoms with Crippen LogP contribution in [0.2, 0.25) is 0 Å². The van der Waals surface area contributed by atoms with Crippen molar-refractivity contribution in [3.63, 3.8) is 0 Å². The molecule has 2 saturated heterocycles. The maximum atomic E-state index is 11.5. The van der Waals surface area contributed by atoms with E-state index in [1.54, 1.807) is 6.92 Å². The molecule has 2 rings (SSSR count). The van der Waals surface area contributed by atoms with Gasteiger partial charge in [0.2, 0.25) is 0 Å². The molecule has 0 radical (unpaired) electrons. The SMILES string of the molecule is CCOC(=O)C(=O)OC[C@@H]1CCC[N+]2(C)CCCC[C@H]12.[I-]. The molecule has 2 fully saturated rings. The van der Waals surface area contributed by atoms with Crippen molar-refractivity contribution in [2.45, 2.75) is 45.1 Å². The molecule has 2 aliphatic heterocycles. The topological polar surface area (TPSA) is 52.6 Å². The third-order valence-electron chi connectivity index (χ3n) is 4.88. The first-order valence-corrected chi connectivity index (χ1v) is 7.75. The summed E-state index contributed by atoms with van der Waals surface area (Å²) in [7, 11) is 2.32. The molecule has 122 valence electrons. The van der Waals surface area contributed by atoms with Gasteiger partial charge in [-0.15, -0.1) is 0 Å². The summed E-state index contributed by atoms with van der Waals surface area (Å²) in [5, 5.41) is 0. The van der Waals surface area contributed by atoms with Crippen molar-refractivity contribution in [3.05, 3.63) is 0 Å². The highest BCUT2D eigenvalue weighted by molar-refractivity contribution is 6.29. The van der Waals surface area contributed by atoms with Crippen molar-refractivity contribution in [1.82, 2.24) is 0 Å². The number of fused-ring (bicyclic) bond motifs is 1. The van der Waals surface area contributed by atoms with Crippen molar-refractivity contribution in [3.8, 4) is 0 Å². The van der Waals surface area contributed by atoms with Gasteiger partial charge in [-0.2, -0.15) is 0 Å². The van der Waals surface area contributed by atoms with Crippen LogP contribution in [-0.4, -0.2) is 55.8 Å². The van der Waals surface area contributed by atoms with Crippen LogP contribution in [0.5, 0.6) is 0 Å². The Labute approximate surface area is 144 Å². The molecule has 0 bridgehead atoms. The minimum atomic E-state index is -0.871. The molecule has 6 heteroatoms. The molecule has 0 aliphatic carbocycles. The number of hydrogen-bond donors (Lipinski definition) is 0. The molecule has 0 amide bonds. The fourth-order valence-electron chi connectivity index (χ4n) is 3.86. The van der Waals surface area contributed by atoms with Crippen LogP contribution in [0.4, 0.5) is 0 Å². The number of ether oxygens (including phenoxy) is 2. The molecule has 3 atom stereocenters. The minimum Gasteiger partial charge on any atom is -1.00 e. The lowest BCUT2D eigenvalue weighted by Gasteiger charge is -2.51. The minimum absolute atomic E-state index is 0. The summed E-state index contributed by atoms with van der Waals surface area (Å²) in [4.78, 5) is 22.8. The summed E-state index contributed by atoms with van der Waals surface area (Å²) in [6.45, 7) is 4.70. The Morgan fingerprint density at radius 2 is 1.71 bits per heavy atom. The van der Waals surface area contributed by atoms with E-state index in [9.17, 15) is 9.59 Å². The van der Waals surface area contributed by atoms with Gasteiger partial charge in [0.15, 0.2) is 0 Å². The highest BCUT2D eigenvalue weighted by atomic mass is 127. The first-order chi connectivity index (χ1) is 9.57. The van der Waals surface area contributed by atoms with Crippen molar-refractivity contribution >= 4 is 11.9 Å². The number of esters is 2. The Kier molecular flexibility index (Phi) is 7.39. The van der Waals surface area contributed by atoms with E-state index in [0.717, 1.165) is 10.9 Å². The number of carbonyl (C=O) groups is 2. The highest BCUT2D eigenvalue weighted by Crippen LogP contribution is 2.36. The molecule has 0 aromatic rings. The van der Waals surface area contributed by atoms with Gasteiger partial charge in [0.1, 0.15) is 6.61 Å². The second-order valence-corrected chi connectivity index (χ2v) is 6.21. The summed E-state index contributed by atoms with van der Waals surface area (Å²) < 4.78 is 10.9. The molecule has 0 spiro atoms. The average Bonchev–Trinajstić information content (AvgIpc) is 2.44. The Bertz CT molecular complexity index is 373. The standard InChI is InChI=1S/C15H26NO4.HI/c1-3-19-14(17)15(18)20-11-12-7-6-10-16(2)9-5-4-8-13(12)16;/h12-13H,3-11H2,1-2H3;1H/q+1;/p-1/t12-,13+,16?;/m0./s1. The Balaban J connectivity index is 0.00000220. The number of rotatable bonds is 3. The zero-order valence-electron chi connectivity index (χ0n) is 13.0. The van der Waals surface area contributed by atoms with Crippen molar-refractivity contribution in [1.29, 1.82) is 0 Å². The molecular formula is C15H26INO4. The molecular weight excluding hydrogens is 385 g/mol. The van der Waals surface area contributed by atoms with Gasteiger partial charge >= 0.3 is 11.9 Å². The maximum absolute atomic E-state index is 11.5. The van der Waals surface area contributed by atoms with E-state index in [1.165, 1.54) is 38.8 Å². The molecule has 0 aromatic carbocycles. The third-order valence-corrected chi connectivity index (χ3v) is 4.88. The van der Waals surface area contributed by atoms with E-state index in [1.807, 2.05) is 0 Å². The summed E-state index contributed by atoms with van der Waals surface area (Å²) in [5.41, 5.74) is 0. The zero-order chi connectivity index (χ0) is 14.6. The van der Waals surface area contributed by atoms with Gasteiger partial charge in [-0.25, -0.2) is 9.59 Å². The molecule has 0 aromatic heterocycles. The van der Waals surface area contributed by atoms with Crippen LogP contribution in [0, 0.1) is 5.92 Å². The van der Waals surface area contributed by atoms with Gasteiger partial charge in [-0.1, -0.05) is 0 Å². The van der Waals surface area contributed by atoms with Crippen LogP contribution >= 0.6 is 0 Å². The number of nitrogens with zero attached hydrogens (tertiary/aromatic N) is 1. The van der Waals surface area contributed by atoms with Crippen LogP contribution in [0.3, 0.4) is 0 Å². The normalized spacial score (nSPS) is 31.5. The maximum Gasteiger partial charge on any atom is 0.417 e. The molecule has 0 saturated carbocycles. The lowest BCUT2D eigenvalue weighted by atomic mass is 9.82. The zero-order valence-corrected chi connectivity index (χ0v) is 15.1. The van der Waals surface area contributed by atoms with Gasteiger partial charge in [-0.05, 0) is 32.6 Å². The van der Waals surface area contributed by atoms with E-state index in [4.69, 9.17) is 4.74 Å². The van der Waals surface area contributed by atoms with Crippen molar-refractivity contribution < 1.29 is 47.5 Å². The van der Waals surface area contributed by atoms with E-state index in [-0.39, 0.29) is 30.6 Å². The monoisotopic (exact) mass is 411 g/mol. The van der Waals surface area contributed by atoms with Crippen molar-refractivity contribution in [2.24, 2.45) is 5.92 Å². The number of hydrogen-bond acceptors (Lipinski definition) is 4. The number of quaternary nitrogens is 1. The van der Waals surface area contributed by atoms with Crippen LogP contribution < -0.4 is 24.0 Å². The Hall–Kier alpha value is -0.370. The Morgan fingerprint density at radius 3 is 2.43 bits per heavy atom. The van der Waals surface area contributed by atoms with E-state index in [0.29, 0.717) is 18.6 Å². The number of piperidine rings is 2. The predicted octanol–water partition coefficient (Wildman–Crippen LogP) is -1.49. The van der Waals surface area contributed by atoms with E-state index >= 15 is 0 Å². The molecule has 5 nitrogen and oxygen atoms in total. The molecule has 0 N–H and O–H groups in total. The summed E-state index contributed by atoms with van der Waals surface area (Å²) in [6.07, 6.45) is 6.03. The van der Waals surface area contributed by atoms with Gasteiger partial charge < -0.3 is 37.9 Å². The second kappa shape index (κ2) is 8.31. The highest BCUT2D eigenvalue weighted by Gasteiger charge is 2.44. The molecule has 1 unspecified atom stereocenters. The molecule has 2 aliphatic rings. The summed E-state index contributed by atoms with van der Waals surface area (Å²) in [6, 6.07) is 0.576. The van der Waals surface area contributed by atoms with Crippen LogP contribution in [0.15, 0.2) is 0 Å². The van der Waals surface area contributed by atoms with E-state index in [2.05, 4.69) is 11.8 Å². The summed E-state index contributed by atoms with van der Waals surface area (Å²) >= 11 is 0. The lowest BCUT2D eigenvalue weighted by molar-refractivity contribution is -0.947. The van der Waals surface area contributed by atoms with Crippen LogP contribution in [0.25, 0.3) is 0 Å². The third kappa shape index (κ3) is 4.55. The van der Waals surface area contributed by atoms with Crippen LogP contribution in [0.1, 0.15) is 39.0 Å². The smallest absolute Gasteiger partial charge is 0.417 e. The molecule has 2 heterocycles. The van der Waals surface area contributed by atoms with Crippen LogP contribution in [-0.2, 0) is 19.1 Å². The summed E-state index contributed by atoms with van der Waals surface area (Å²) in [5.74, 6) is -1.33. The lowest BCUT2D eigenvalue weighted by Crippen LogP contribution is -3.00. The van der Waals surface area contributed by atoms with Crippen molar-refractivity contribution in [2.75, 3.05) is 33.4 Å². The van der Waals surface area contributed by atoms with E-state index < -0.39 is 11.9 Å². The van der Waals surface area contributed by atoms with Gasteiger partial charge in [-0.3, -0.25) is 0 Å². The predicted molar refractivity (Wildman–Crippen MR) is 73.9 cm³/mol. The van der Waals surface area contributed by atoms with Gasteiger partial charge in [0.05, 0.1) is 32.8 Å². The molecule has 21 heavy (non-hydrogen) atoms. The van der Waals surface area contributed by atoms with Gasteiger partial charge in [0.25, 0.3) is 0 Å². The number of halogens is 1. The average molecular weight is 411 g/mol. The first kappa shape index (κ1) is 18.7. The Morgan fingerprint density at radius 1 is 1.05 bits per heavy atom. The fraction of sp³-hybridized carbons (Fsp3) is 0.867. The number of carbonyl (C=O) groups excluding carboxylic acids is 2. The fourth-order valence-corrected chi connectivity index (χ4v) is 3.86.